The summed E-state index contributed by atoms with van der Waals surface area (Å²) in [4.78, 5) is 0. The van der Waals surface area contributed by atoms with Gasteiger partial charge in [-0.1, -0.05) is 39.3 Å². The molecule has 2 rings (SSSR count). The van der Waals surface area contributed by atoms with Crippen LogP contribution in [-0.4, -0.2) is 34.2 Å². The summed E-state index contributed by atoms with van der Waals surface area (Å²) in [5, 5.41) is 9.24. The fraction of sp³-hybridized carbons (Fsp3) is 0.696. The van der Waals surface area contributed by atoms with Crippen molar-refractivity contribution in [3.63, 3.8) is 0 Å². The van der Waals surface area contributed by atoms with Crippen molar-refractivity contribution < 1.29 is 9.05 Å². The van der Waals surface area contributed by atoms with Crippen molar-refractivity contribution >= 4 is 30.1 Å². The summed E-state index contributed by atoms with van der Waals surface area (Å²) in [6, 6.07) is 7.33. The van der Waals surface area contributed by atoms with Crippen molar-refractivity contribution in [2.75, 3.05) is 6.61 Å². The first-order valence-electron chi connectivity index (χ1n) is 10.7. The molecule has 4 nitrogen and oxygen atoms in total. The van der Waals surface area contributed by atoms with Crippen LogP contribution in [0.3, 0.4) is 0 Å². The van der Waals surface area contributed by atoms with E-state index in [4.69, 9.17) is 14.3 Å². The van der Waals surface area contributed by atoms with E-state index >= 15 is 0 Å². The molecule has 1 aromatic rings. The van der Waals surface area contributed by atoms with Gasteiger partial charge in [-0.05, 0) is 79.0 Å². The Morgan fingerprint density at radius 2 is 1.70 bits per heavy atom. The van der Waals surface area contributed by atoms with Crippen LogP contribution in [0.5, 0.6) is 0 Å². The maximum absolute atomic E-state index is 8.99. The number of hydrogen-bond acceptors (Lipinski definition) is 6. The molecule has 0 bridgehead atoms. The molecule has 1 aromatic carbocycles. The number of nitriles is 1. The first kappa shape index (κ1) is 26.0. The minimum Gasteiger partial charge on any atom is -0.321 e. The summed E-state index contributed by atoms with van der Waals surface area (Å²) in [7, 11) is 2.55. The highest BCUT2D eigenvalue weighted by Crippen LogP contribution is 2.63. The van der Waals surface area contributed by atoms with E-state index in [9.17, 15) is 0 Å². The summed E-state index contributed by atoms with van der Waals surface area (Å²) < 4.78 is 15.4. The van der Waals surface area contributed by atoms with E-state index in [1.807, 2.05) is 21.6 Å². The third-order valence-corrected chi connectivity index (χ3v) is 11.0. The van der Waals surface area contributed by atoms with Gasteiger partial charge in [0.25, 0.3) is 8.53 Å². The molecular formula is C23H37N2O2PS2. The normalized spacial score (nSPS) is 22.1. The van der Waals surface area contributed by atoms with Crippen LogP contribution < -0.4 is 0 Å². The maximum atomic E-state index is 8.99. The van der Waals surface area contributed by atoms with Crippen LogP contribution in [0.4, 0.5) is 0 Å². The first-order chi connectivity index (χ1) is 14.0. The second-order valence-corrected chi connectivity index (χ2v) is 13.5. The van der Waals surface area contributed by atoms with Gasteiger partial charge in [-0.3, -0.25) is 0 Å². The van der Waals surface area contributed by atoms with Crippen LogP contribution in [0.25, 0.3) is 0 Å². The number of hydrogen-bond donors (Lipinski definition) is 0. The molecule has 0 aromatic heterocycles. The molecule has 168 valence electrons. The number of rotatable bonds is 9. The quantitative estimate of drug-likeness (QED) is 0.213. The van der Waals surface area contributed by atoms with Gasteiger partial charge in [0.05, 0.1) is 30.5 Å². The van der Waals surface area contributed by atoms with Crippen molar-refractivity contribution in [3.05, 3.63) is 34.4 Å². The standard InChI is InChI=1S/C23H37N2O2PS2/c1-15(2)25(16(3)4)28(26-12-10-11-24)27-22-21(29-30-23(22,8)9)20-18(6)13-17(5)14-19(20)7/h13-16,21-22H,10,12H2,1-9H3/t21-,22+,28?/m1/s1. The second kappa shape index (κ2) is 11.0. The fourth-order valence-electron chi connectivity index (χ4n) is 4.05. The predicted octanol–water partition coefficient (Wildman–Crippen LogP) is 7.49. The third-order valence-electron chi connectivity index (χ3n) is 5.22. The highest BCUT2D eigenvalue weighted by Gasteiger charge is 2.49. The summed E-state index contributed by atoms with van der Waals surface area (Å²) in [6.45, 7) is 20.2. The van der Waals surface area contributed by atoms with Gasteiger partial charge in [0.15, 0.2) is 0 Å². The van der Waals surface area contributed by atoms with Crippen molar-refractivity contribution in [1.29, 1.82) is 5.26 Å². The van der Waals surface area contributed by atoms with E-state index < -0.39 is 8.53 Å². The Balaban J connectivity index is 2.40. The summed E-state index contributed by atoms with van der Waals surface area (Å²) in [5.41, 5.74) is 5.35. The highest BCUT2D eigenvalue weighted by atomic mass is 33.1. The molecular weight excluding hydrogens is 431 g/mol. The second-order valence-electron chi connectivity index (χ2n) is 9.09. The molecule has 30 heavy (non-hydrogen) atoms. The van der Waals surface area contributed by atoms with E-state index in [1.165, 1.54) is 22.3 Å². The highest BCUT2D eigenvalue weighted by molar-refractivity contribution is 8.77. The molecule has 7 heteroatoms. The third kappa shape index (κ3) is 6.15. The van der Waals surface area contributed by atoms with E-state index in [0.717, 1.165) is 0 Å². The van der Waals surface area contributed by atoms with Crippen LogP contribution in [0, 0.1) is 32.1 Å². The van der Waals surface area contributed by atoms with Crippen LogP contribution in [0.1, 0.15) is 75.5 Å². The molecule has 0 saturated carbocycles. The van der Waals surface area contributed by atoms with E-state index in [1.54, 1.807) is 0 Å². The Hall–Kier alpha value is -0.280. The van der Waals surface area contributed by atoms with Gasteiger partial charge in [-0.25, -0.2) is 4.67 Å². The molecule has 1 fully saturated rings. The molecule has 0 N–H and O–H groups in total. The zero-order valence-electron chi connectivity index (χ0n) is 19.9. The molecule has 0 aliphatic carbocycles. The Bertz CT molecular complexity index is 733. The topological polar surface area (TPSA) is 45.5 Å². The number of nitrogens with zero attached hydrogens (tertiary/aromatic N) is 2. The van der Waals surface area contributed by atoms with Gasteiger partial charge in [-0.15, -0.1) is 0 Å². The fourth-order valence-corrected chi connectivity index (χ4v) is 9.70. The lowest BCUT2D eigenvalue weighted by atomic mass is 9.91. The van der Waals surface area contributed by atoms with E-state index in [-0.39, 0.29) is 16.1 Å². The van der Waals surface area contributed by atoms with Gasteiger partial charge >= 0.3 is 0 Å². The molecule has 1 aliphatic heterocycles. The maximum Gasteiger partial charge on any atom is 0.259 e. The van der Waals surface area contributed by atoms with E-state index in [2.05, 4.69) is 85.2 Å². The number of benzene rings is 1. The van der Waals surface area contributed by atoms with Crippen molar-refractivity contribution in [2.45, 2.75) is 96.9 Å². The Kier molecular flexibility index (Phi) is 9.55. The van der Waals surface area contributed by atoms with Crippen LogP contribution in [-0.2, 0) is 9.05 Å². The summed E-state index contributed by atoms with van der Waals surface area (Å²) >= 11 is 0. The molecule has 1 saturated heterocycles. The van der Waals surface area contributed by atoms with Crippen LogP contribution in [0.2, 0.25) is 0 Å². The lowest BCUT2D eigenvalue weighted by molar-refractivity contribution is 0.114. The molecule has 0 spiro atoms. The summed E-state index contributed by atoms with van der Waals surface area (Å²) in [6.07, 6.45) is 0.393. The Morgan fingerprint density at radius 1 is 1.13 bits per heavy atom. The lowest BCUT2D eigenvalue weighted by Gasteiger charge is -2.40. The van der Waals surface area contributed by atoms with E-state index in [0.29, 0.717) is 25.1 Å². The molecule has 1 unspecified atom stereocenters. The van der Waals surface area contributed by atoms with Gasteiger partial charge in [0, 0.05) is 16.8 Å². The average Bonchev–Trinajstić information content (AvgIpc) is 2.88. The zero-order valence-corrected chi connectivity index (χ0v) is 22.4. The molecule has 3 atom stereocenters. The Morgan fingerprint density at radius 3 is 2.20 bits per heavy atom. The smallest absolute Gasteiger partial charge is 0.259 e. The molecule has 0 radical (unpaired) electrons. The zero-order chi connectivity index (χ0) is 22.6. The van der Waals surface area contributed by atoms with Crippen LogP contribution in [0.15, 0.2) is 12.1 Å². The SMILES string of the molecule is Cc1cc(C)c([C@H]2SSC(C)(C)[C@H]2OP(OCCC#N)N(C(C)C)C(C)C)c(C)c1. The van der Waals surface area contributed by atoms with Gasteiger partial charge in [0.2, 0.25) is 0 Å². The van der Waals surface area contributed by atoms with Gasteiger partial charge in [-0.2, -0.15) is 5.26 Å². The first-order valence-corrected chi connectivity index (χ1v) is 14.0. The average molecular weight is 469 g/mol. The molecule has 1 heterocycles. The monoisotopic (exact) mass is 468 g/mol. The lowest BCUT2D eigenvalue weighted by Crippen LogP contribution is -2.39. The Labute approximate surface area is 192 Å². The molecule has 1 aliphatic rings. The van der Waals surface area contributed by atoms with Crippen molar-refractivity contribution in [2.24, 2.45) is 0 Å². The minimum absolute atomic E-state index is 0.0146. The molecule has 0 amide bonds. The largest absolute Gasteiger partial charge is 0.321 e. The van der Waals surface area contributed by atoms with Crippen molar-refractivity contribution in [3.8, 4) is 6.07 Å². The van der Waals surface area contributed by atoms with Gasteiger partial charge in [0.1, 0.15) is 0 Å². The predicted molar refractivity (Wildman–Crippen MR) is 133 cm³/mol. The van der Waals surface area contributed by atoms with Crippen molar-refractivity contribution in [1.82, 2.24) is 4.67 Å². The summed E-state index contributed by atoms with van der Waals surface area (Å²) in [5.74, 6) is 0. The minimum atomic E-state index is -1.27. The number of aryl methyl sites for hydroxylation is 3. The van der Waals surface area contributed by atoms with Gasteiger partial charge < -0.3 is 9.05 Å². The van der Waals surface area contributed by atoms with Crippen LogP contribution >= 0.6 is 30.1 Å².